The van der Waals surface area contributed by atoms with E-state index in [1.807, 2.05) is 6.92 Å². The molecule has 9 nitrogen and oxygen atoms in total. The summed E-state index contributed by atoms with van der Waals surface area (Å²) in [5.41, 5.74) is 1.40. The highest BCUT2D eigenvalue weighted by atomic mass is 35.5. The van der Waals surface area contributed by atoms with Crippen LogP contribution in [-0.4, -0.2) is 43.1 Å². The van der Waals surface area contributed by atoms with Gasteiger partial charge in [0, 0.05) is 5.56 Å². The number of benzene rings is 2. The number of nitrogens with zero attached hydrogens (tertiary/aromatic N) is 2. The summed E-state index contributed by atoms with van der Waals surface area (Å²) in [5, 5.41) is 10.3. The van der Waals surface area contributed by atoms with E-state index in [2.05, 4.69) is 4.99 Å². The minimum absolute atomic E-state index is 0.0933. The molecule has 3 aromatic rings. The van der Waals surface area contributed by atoms with Gasteiger partial charge in [-0.3, -0.25) is 9.36 Å². The molecule has 0 amide bonds. The Balaban J connectivity index is 1.99. The highest BCUT2D eigenvalue weighted by Gasteiger charge is 2.35. The molecule has 0 radical (unpaired) electrons. The minimum Gasteiger partial charge on any atom is -0.503 e. The van der Waals surface area contributed by atoms with Crippen LogP contribution in [0.4, 0.5) is 0 Å². The molecule has 1 N–H and O–H groups in total. The van der Waals surface area contributed by atoms with Crippen molar-refractivity contribution in [3.63, 3.8) is 0 Å². The molecule has 1 aliphatic rings. The van der Waals surface area contributed by atoms with E-state index in [-0.39, 0.29) is 27.7 Å². The summed E-state index contributed by atoms with van der Waals surface area (Å²) in [7, 11) is 2.82. The summed E-state index contributed by atoms with van der Waals surface area (Å²) < 4.78 is 24.0. The van der Waals surface area contributed by atoms with Crippen LogP contribution in [0.25, 0.3) is 6.08 Å². The fourth-order valence-corrected chi connectivity index (χ4v) is 5.61. The van der Waals surface area contributed by atoms with Gasteiger partial charge in [0.25, 0.3) is 5.56 Å². The lowest BCUT2D eigenvalue weighted by molar-refractivity contribution is -0.136. The largest absolute Gasteiger partial charge is 0.503 e. The zero-order chi connectivity index (χ0) is 28.3. The molecule has 2 aromatic carbocycles. The van der Waals surface area contributed by atoms with Gasteiger partial charge in [0.05, 0.1) is 48.3 Å². The van der Waals surface area contributed by atoms with Crippen LogP contribution in [0.5, 0.6) is 23.0 Å². The smallest absolute Gasteiger partial charge is 0.338 e. The topological polar surface area (TPSA) is 109 Å². The monoisotopic (exact) mass is 572 g/mol. The van der Waals surface area contributed by atoms with Crippen molar-refractivity contribution in [3.05, 3.63) is 77.4 Å². The van der Waals surface area contributed by atoms with E-state index < -0.39 is 12.0 Å². The number of para-hydroxylation sites is 1. The van der Waals surface area contributed by atoms with Gasteiger partial charge >= 0.3 is 5.97 Å². The van der Waals surface area contributed by atoms with Gasteiger partial charge in [0.2, 0.25) is 0 Å². The van der Waals surface area contributed by atoms with Gasteiger partial charge in [-0.1, -0.05) is 42.0 Å². The number of hydrogen-bond acceptors (Lipinski definition) is 9. The Morgan fingerprint density at radius 2 is 1.97 bits per heavy atom. The predicted octanol–water partition coefficient (Wildman–Crippen LogP) is 3.96. The molecule has 0 spiro atoms. The maximum Gasteiger partial charge on any atom is 0.338 e. The van der Waals surface area contributed by atoms with Gasteiger partial charge in [-0.2, -0.15) is 0 Å². The average molecular weight is 573 g/mol. The molecule has 1 aromatic heterocycles. The second-order valence-electron chi connectivity index (χ2n) is 8.58. The molecule has 4 rings (SSSR count). The van der Waals surface area contributed by atoms with Gasteiger partial charge in [-0.05, 0) is 50.1 Å². The molecule has 206 valence electrons. The van der Waals surface area contributed by atoms with E-state index in [0.29, 0.717) is 50.9 Å². The first kappa shape index (κ1) is 28.3. The van der Waals surface area contributed by atoms with Gasteiger partial charge in [0.1, 0.15) is 6.04 Å². The normalized spacial score (nSPS) is 15.0. The maximum atomic E-state index is 13.9. The van der Waals surface area contributed by atoms with Crippen LogP contribution in [0.15, 0.2) is 51.4 Å². The number of hydrogen-bond donors (Lipinski definition) is 1. The second-order valence-corrected chi connectivity index (χ2v) is 10.00. The first-order valence-corrected chi connectivity index (χ1v) is 13.5. The van der Waals surface area contributed by atoms with Crippen LogP contribution in [0.1, 0.15) is 44.4 Å². The van der Waals surface area contributed by atoms with E-state index in [9.17, 15) is 14.7 Å². The van der Waals surface area contributed by atoms with Gasteiger partial charge in [-0.25, -0.2) is 9.79 Å². The van der Waals surface area contributed by atoms with Gasteiger partial charge in [-0.15, -0.1) is 0 Å². The summed E-state index contributed by atoms with van der Waals surface area (Å²) in [6.07, 6.45) is 2.39. The lowest BCUT2D eigenvalue weighted by atomic mass is 9.94. The second kappa shape index (κ2) is 12.0. The summed E-state index contributed by atoms with van der Waals surface area (Å²) in [4.78, 5) is 32.0. The van der Waals surface area contributed by atoms with E-state index in [0.717, 1.165) is 6.42 Å². The number of carbonyl (C=O) groups excluding carboxylic acids is 1. The zero-order valence-corrected chi connectivity index (χ0v) is 23.8. The molecular formula is C28H29ClN2O7S. The fraction of sp³-hybridized carbons (Fsp3) is 0.321. The first-order chi connectivity index (χ1) is 18.7. The summed E-state index contributed by atoms with van der Waals surface area (Å²) >= 11 is 7.38. The number of ether oxygens (including phenoxy) is 4. The van der Waals surface area contributed by atoms with Crippen molar-refractivity contribution >= 4 is 35.0 Å². The molecule has 0 aliphatic carbocycles. The van der Waals surface area contributed by atoms with E-state index >= 15 is 0 Å². The number of aromatic nitrogens is 1. The van der Waals surface area contributed by atoms with Crippen LogP contribution in [0, 0.1) is 0 Å². The third-order valence-electron chi connectivity index (χ3n) is 6.05. The Labute approximate surface area is 234 Å². The molecular weight excluding hydrogens is 544 g/mol. The molecule has 0 saturated heterocycles. The molecule has 0 saturated carbocycles. The van der Waals surface area contributed by atoms with Crippen molar-refractivity contribution in [2.24, 2.45) is 4.99 Å². The lowest BCUT2D eigenvalue weighted by Crippen LogP contribution is -2.40. The Hall–Kier alpha value is -3.76. The van der Waals surface area contributed by atoms with Crippen molar-refractivity contribution in [3.8, 4) is 23.0 Å². The minimum atomic E-state index is -0.875. The first-order valence-electron chi connectivity index (χ1n) is 12.3. The molecule has 0 bridgehead atoms. The Bertz CT molecular complexity index is 1620. The quantitative estimate of drug-likeness (QED) is 0.387. The number of thiazole rings is 1. The lowest BCUT2D eigenvalue weighted by Gasteiger charge is -2.26. The highest BCUT2D eigenvalue weighted by molar-refractivity contribution is 7.07. The number of methoxy groups -OCH3 is 2. The molecule has 1 aliphatic heterocycles. The third kappa shape index (κ3) is 5.39. The number of allylic oxidation sites excluding steroid dienone is 1. The summed E-state index contributed by atoms with van der Waals surface area (Å²) in [6.45, 7) is 6.21. The predicted molar refractivity (Wildman–Crippen MR) is 149 cm³/mol. The maximum absolute atomic E-state index is 13.9. The summed E-state index contributed by atoms with van der Waals surface area (Å²) in [6, 6.07) is 7.60. The van der Waals surface area contributed by atoms with Crippen LogP contribution >= 0.6 is 22.9 Å². The molecule has 39 heavy (non-hydrogen) atoms. The van der Waals surface area contributed by atoms with Crippen molar-refractivity contribution < 1.29 is 28.8 Å². The highest BCUT2D eigenvalue weighted by Crippen LogP contribution is 2.41. The Morgan fingerprint density at radius 1 is 1.21 bits per heavy atom. The number of carbonyl (C=O) groups is 1. The van der Waals surface area contributed by atoms with Crippen molar-refractivity contribution in [2.75, 3.05) is 27.4 Å². The molecule has 0 unspecified atom stereocenters. The number of aromatic hydroxyl groups is 1. The molecule has 2 heterocycles. The average Bonchev–Trinajstić information content (AvgIpc) is 3.22. The van der Waals surface area contributed by atoms with Crippen molar-refractivity contribution in [1.82, 2.24) is 4.57 Å². The Morgan fingerprint density at radius 3 is 2.64 bits per heavy atom. The molecule has 11 heteroatoms. The van der Waals surface area contributed by atoms with Gasteiger partial charge in [0.15, 0.2) is 27.8 Å². The summed E-state index contributed by atoms with van der Waals surface area (Å²) in [5.74, 6) is 0.340. The Kier molecular flexibility index (Phi) is 8.66. The van der Waals surface area contributed by atoms with Crippen molar-refractivity contribution in [1.29, 1.82) is 0 Å². The van der Waals surface area contributed by atoms with Crippen LogP contribution in [0.2, 0.25) is 5.02 Å². The number of phenols is 1. The van der Waals surface area contributed by atoms with Crippen LogP contribution in [-0.2, 0) is 9.53 Å². The number of fused-ring (bicyclic) bond motifs is 1. The fourth-order valence-electron chi connectivity index (χ4n) is 4.35. The molecule has 1 atom stereocenters. The number of rotatable bonds is 9. The number of esters is 1. The SMILES string of the molecule is CCCOc1c(OC)cccc1[C@@H]1C(C(=O)OC)=C(C)N=c2sc(=Cc3cc(Cl)c(O)c(OCC)c3)c(=O)n21. The standard InChI is InChI=1S/C28H29ClN2O7S/c1-6-11-38-25-17(9-8-10-19(25)35-4)23-22(27(34)36-5)15(3)30-28-31(23)26(33)21(39-28)14-16-12-18(29)24(32)20(13-16)37-7-2/h8-10,12-14,23,32H,6-7,11H2,1-5H3/t23-/m1/s1. The third-order valence-corrected chi connectivity index (χ3v) is 7.32. The number of phenolic OH excluding ortho intramolecular Hbond substituents is 1. The molecule has 0 fully saturated rings. The van der Waals surface area contributed by atoms with Crippen molar-refractivity contribution in [2.45, 2.75) is 33.2 Å². The van der Waals surface area contributed by atoms with Gasteiger partial charge < -0.3 is 24.1 Å². The van der Waals surface area contributed by atoms with E-state index in [1.165, 1.54) is 30.1 Å². The zero-order valence-electron chi connectivity index (χ0n) is 22.2. The van der Waals surface area contributed by atoms with Crippen LogP contribution in [0.3, 0.4) is 0 Å². The van der Waals surface area contributed by atoms with E-state index in [4.69, 9.17) is 30.5 Å². The van der Waals surface area contributed by atoms with E-state index in [1.54, 1.807) is 50.3 Å². The van der Waals surface area contributed by atoms with Crippen LogP contribution < -0.4 is 29.1 Å². The number of halogens is 1.